The molecular weight excluding hydrogens is 334 g/mol. The molecule has 0 aromatic heterocycles. The Balaban J connectivity index is 1.49. The average molecular weight is 357 g/mol. The van der Waals surface area contributed by atoms with Gasteiger partial charge in [-0.05, 0) is 17.5 Å². The van der Waals surface area contributed by atoms with Crippen molar-refractivity contribution in [2.24, 2.45) is 0 Å². The first-order valence-corrected chi connectivity index (χ1v) is 9.01. The monoisotopic (exact) mass is 357 g/mol. The SMILES string of the molecule is O=C(OCc1ccccc1)N1C[C@H](S)C[C@H]1COCc1ccccc1. The van der Waals surface area contributed by atoms with Gasteiger partial charge in [-0.15, -0.1) is 0 Å². The van der Waals surface area contributed by atoms with Crippen LogP contribution in [-0.4, -0.2) is 35.4 Å². The number of amides is 1. The molecule has 1 aliphatic heterocycles. The van der Waals surface area contributed by atoms with Gasteiger partial charge in [-0.2, -0.15) is 12.6 Å². The first-order chi connectivity index (χ1) is 12.2. The zero-order chi connectivity index (χ0) is 17.5. The van der Waals surface area contributed by atoms with Crippen molar-refractivity contribution in [3.63, 3.8) is 0 Å². The van der Waals surface area contributed by atoms with Gasteiger partial charge in [0.1, 0.15) is 6.61 Å². The molecule has 2 atom stereocenters. The van der Waals surface area contributed by atoms with Gasteiger partial charge in [-0.25, -0.2) is 4.79 Å². The molecule has 1 saturated heterocycles. The maximum atomic E-state index is 12.4. The van der Waals surface area contributed by atoms with Crippen LogP contribution in [0, 0.1) is 0 Å². The third-order valence-corrected chi connectivity index (χ3v) is 4.63. The van der Waals surface area contributed by atoms with E-state index in [0.717, 1.165) is 17.5 Å². The van der Waals surface area contributed by atoms with E-state index in [2.05, 4.69) is 12.6 Å². The highest BCUT2D eigenvalue weighted by molar-refractivity contribution is 7.81. The van der Waals surface area contributed by atoms with Crippen molar-refractivity contribution < 1.29 is 14.3 Å². The highest BCUT2D eigenvalue weighted by Gasteiger charge is 2.34. The third kappa shape index (κ3) is 5.25. The number of rotatable bonds is 6. The normalized spacial score (nSPS) is 19.8. The molecule has 1 aliphatic rings. The Morgan fingerprint density at radius 3 is 2.24 bits per heavy atom. The standard InChI is InChI=1S/C20H23NO3S/c22-20(24-14-17-9-5-2-6-10-17)21-12-19(25)11-18(21)15-23-13-16-7-3-1-4-8-16/h1-10,18-19,25H,11-15H2/t18-,19+/m0/s1. The largest absolute Gasteiger partial charge is 0.445 e. The number of thiol groups is 1. The van der Waals surface area contributed by atoms with Crippen LogP contribution in [0.3, 0.4) is 0 Å². The molecule has 1 heterocycles. The second-order valence-electron chi connectivity index (χ2n) is 6.24. The summed E-state index contributed by atoms with van der Waals surface area (Å²) in [5.41, 5.74) is 2.11. The quantitative estimate of drug-likeness (QED) is 0.797. The van der Waals surface area contributed by atoms with E-state index in [9.17, 15) is 4.79 Å². The van der Waals surface area contributed by atoms with Gasteiger partial charge in [0.15, 0.2) is 0 Å². The predicted molar refractivity (Wildman–Crippen MR) is 101 cm³/mol. The number of benzene rings is 2. The third-order valence-electron chi connectivity index (χ3n) is 4.25. The van der Waals surface area contributed by atoms with Crippen LogP contribution in [0.15, 0.2) is 60.7 Å². The minimum atomic E-state index is -0.297. The van der Waals surface area contributed by atoms with E-state index in [1.54, 1.807) is 4.90 Å². The maximum absolute atomic E-state index is 12.4. The van der Waals surface area contributed by atoms with Crippen molar-refractivity contribution in [1.29, 1.82) is 0 Å². The maximum Gasteiger partial charge on any atom is 0.410 e. The van der Waals surface area contributed by atoms with Gasteiger partial charge in [0.05, 0.1) is 19.3 Å². The fourth-order valence-electron chi connectivity index (χ4n) is 2.96. The van der Waals surface area contributed by atoms with Crippen molar-refractivity contribution in [2.45, 2.75) is 30.9 Å². The van der Waals surface area contributed by atoms with E-state index in [0.29, 0.717) is 19.8 Å². The second-order valence-corrected chi connectivity index (χ2v) is 6.97. The zero-order valence-corrected chi connectivity index (χ0v) is 15.0. The van der Waals surface area contributed by atoms with Gasteiger partial charge in [0.25, 0.3) is 0 Å². The summed E-state index contributed by atoms with van der Waals surface area (Å²) in [5.74, 6) is 0. The molecule has 0 N–H and O–H groups in total. The lowest BCUT2D eigenvalue weighted by atomic mass is 10.2. The Bertz CT molecular complexity index is 665. The molecule has 4 nitrogen and oxygen atoms in total. The summed E-state index contributed by atoms with van der Waals surface area (Å²) in [7, 11) is 0. The second kappa shape index (κ2) is 8.92. The Morgan fingerprint density at radius 2 is 1.60 bits per heavy atom. The Hall–Kier alpha value is -1.98. The van der Waals surface area contributed by atoms with Crippen molar-refractivity contribution in [1.82, 2.24) is 4.90 Å². The summed E-state index contributed by atoms with van der Waals surface area (Å²) in [6.45, 7) is 1.91. The van der Waals surface area contributed by atoms with Crippen LogP contribution in [0.5, 0.6) is 0 Å². The minimum absolute atomic E-state index is 0.00878. The lowest BCUT2D eigenvalue weighted by molar-refractivity contribution is 0.0493. The van der Waals surface area contributed by atoms with Gasteiger partial charge < -0.3 is 14.4 Å². The number of hydrogen-bond donors (Lipinski definition) is 1. The molecule has 25 heavy (non-hydrogen) atoms. The molecule has 0 spiro atoms. The Morgan fingerprint density at radius 1 is 1.00 bits per heavy atom. The van der Waals surface area contributed by atoms with Crippen molar-refractivity contribution in [3.05, 3.63) is 71.8 Å². The van der Waals surface area contributed by atoms with Crippen molar-refractivity contribution in [2.75, 3.05) is 13.2 Å². The van der Waals surface area contributed by atoms with E-state index in [1.807, 2.05) is 60.7 Å². The molecule has 5 heteroatoms. The number of carbonyl (C=O) groups excluding carboxylic acids is 1. The van der Waals surface area contributed by atoms with Gasteiger partial charge in [-0.1, -0.05) is 60.7 Å². The van der Waals surface area contributed by atoms with Crippen LogP contribution < -0.4 is 0 Å². The van der Waals surface area contributed by atoms with E-state index < -0.39 is 0 Å². The van der Waals surface area contributed by atoms with Gasteiger partial charge in [0.2, 0.25) is 0 Å². The van der Waals surface area contributed by atoms with Crippen LogP contribution in [-0.2, 0) is 22.7 Å². The number of carbonyl (C=O) groups is 1. The first kappa shape index (κ1) is 17.8. The number of nitrogens with zero attached hydrogens (tertiary/aromatic N) is 1. The molecule has 1 fully saturated rings. The molecule has 0 aliphatic carbocycles. The van der Waals surface area contributed by atoms with E-state index in [4.69, 9.17) is 9.47 Å². The fraction of sp³-hybridized carbons (Fsp3) is 0.350. The van der Waals surface area contributed by atoms with Crippen LogP contribution >= 0.6 is 12.6 Å². The summed E-state index contributed by atoms with van der Waals surface area (Å²) >= 11 is 4.53. The molecule has 2 aromatic rings. The fourth-order valence-corrected chi connectivity index (χ4v) is 3.38. The molecule has 2 aromatic carbocycles. The summed E-state index contributed by atoms with van der Waals surface area (Å²) in [6.07, 6.45) is 0.520. The number of ether oxygens (including phenoxy) is 2. The Labute approximate surface area is 154 Å². The van der Waals surface area contributed by atoms with E-state index in [-0.39, 0.29) is 24.0 Å². The molecule has 3 rings (SSSR count). The summed E-state index contributed by atoms with van der Waals surface area (Å²) in [5, 5.41) is 0.162. The van der Waals surface area contributed by atoms with Gasteiger partial charge >= 0.3 is 6.09 Å². The van der Waals surface area contributed by atoms with E-state index >= 15 is 0 Å². The highest BCUT2D eigenvalue weighted by Crippen LogP contribution is 2.23. The van der Waals surface area contributed by atoms with Crippen LogP contribution in [0.2, 0.25) is 0 Å². The van der Waals surface area contributed by atoms with Crippen LogP contribution in [0.1, 0.15) is 17.5 Å². The van der Waals surface area contributed by atoms with Crippen LogP contribution in [0.4, 0.5) is 4.79 Å². The summed E-state index contributed by atoms with van der Waals surface area (Å²) < 4.78 is 11.3. The van der Waals surface area contributed by atoms with Crippen molar-refractivity contribution in [3.8, 4) is 0 Å². The molecule has 1 amide bonds. The number of hydrogen-bond acceptors (Lipinski definition) is 4. The summed E-state index contributed by atoms with van der Waals surface area (Å²) in [6, 6.07) is 19.7. The molecular formula is C20H23NO3S. The molecule has 0 saturated carbocycles. The van der Waals surface area contributed by atoms with Crippen molar-refractivity contribution >= 4 is 18.7 Å². The number of likely N-dealkylation sites (tertiary alicyclic amines) is 1. The summed E-state index contributed by atoms with van der Waals surface area (Å²) in [4.78, 5) is 14.2. The Kier molecular flexibility index (Phi) is 6.36. The lowest BCUT2D eigenvalue weighted by Gasteiger charge is -2.23. The molecule has 132 valence electrons. The van der Waals surface area contributed by atoms with Gasteiger partial charge in [0, 0.05) is 11.8 Å². The van der Waals surface area contributed by atoms with Gasteiger partial charge in [-0.3, -0.25) is 0 Å². The topological polar surface area (TPSA) is 38.8 Å². The first-order valence-electron chi connectivity index (χ1n) is 8.49. The minimum Gasteiger partial charge on any atom is -0.445 e. The van der Waals surface area contributed by atoms with Crippen LogP contribution in [0.25, 0.3) is 0 Å². The lowest BCUT2D eigenvalue weighted by Crippen LogP contribution is -2.38. The zero-order valence-electron chi connectivity index (χ0n) is 14.1. The average Bonchev–Trinajstić information content (AvgIpc) is 3.02. The molecule has 0 radical (unpaired) electrons. The van der Waals surface area contributed by atoms with E-state index in [1.165, 1.54) is 0 Å². The molecule has 0 bridgehead atoms. The smallest absolute Gasteiger partial charge is 0.410 e. The highest BCUT2D eigenvalue weighted by atomic mass is 32.1. The predicted octanol–water partition coefficient (Wildman–Crippen LogP) is 3.91. The molecule has 0 unspecified atom stereocenters.